The summed E-state index contributed by atoms with van der Waals surface area (Å²) in [5.41, 5.74) is 4.03. The zero-order chi connectivity index (χ0) is 25.1. The zero-order valence-electron chi connectivity index (χ0n) is 20.7. The van der Waals surface area contributed by atoms with Crippen molar-refractivity contribution in [2.45, 2.75) is 39.3 Å². The maximum absolute atomic E-state index is 13.5. The summed E-state index contributed by atoms with van der Waals surface area (Å²) < 4.78 is 27.4. The summed E-state index contributed by atoms with van der Waals surface area (Å²) in [5.74, 6) is 1.19. The summed E-state index contributed by atoms with van der Waals surface area (Å²) in [6.07, 6.45) is 5.22. The van der Waals surface area contributed by atoms with Crippen molar-refractivity contribution in [1.29, 1.82) is 0 Å². The average molecular weight is 491 g/mol. The number of nitrogens with zero attached hydrogens (tertiary/aromatic N) is 3. The molecule has 2 aromatic carbocycles. The number of aromatic amines is 1. The van der Waals surface area contributed by atoms with Crippen LogP contribution in [0.5, 0.6) is 11.5 Å². The molecule has 7 nitrogen and oxygen atoms in total. The summed E-state index contributed by atoms with van der Waals surface area (Å²) >= 11 is 0. The van der Waals surface area contributed by atoms with Gasteiger partial charge in [0.25, 0.3) is 5.56 Å². The van der Waals surface area contributed by atoms with Gasteiger partial charge in [-0.1, -0.05) is 12.1 Å². The van der Waals surface area contributed by atoms with Crippen molar-refractivity contribution in [1.82, 2.24) is 19.4 Å². The quantitative estimate of drug-likeness (QED) is 0.369. The van der Waals surface area contributed by atoms with E-state index in [1.165, 1.54) is 12.1 Å². The molecule has 0 saturated carbocycles. The van der Waals surface area contributed by atoms with Gasteiger partial charge in [-0.3, -0.25) is 9.69 Å². The lowest BCUT2D eigenvalue weighted by molar-refractivity contribution is 0.177. The molecule has 3 heterocycles. The highest BCUT2D eigenvalue weighted by molar-refractivity contribution is 5.77. The lowest BCUT2D eigenvalue weighted by Crippen LogP contribution is -2.37. The zero-order valence-corrected chi connectivity index (χ0v) is 20.7. The number of ether oxygens (including phenoxy) is 2. The first-order chi connectivity index (χ1) is 17.6. The van der Waals surface area contributed by atoms with Crippen molar-refractivity contribution in [3.05, 3.63) is 76.7 Å². The number of nitrogens with one attached hydrogen (secondary N) is 1. The van der Waals surface area contributed by atoms with Crippen molar-refractivity contribution in [2.24, 2.45) is 0 Å². The van der Waals surface area contributed by atoms with E-state index in [0.717, 1.165) is 66.2 Å². The van der Waals surface area contributed by atoms with E-state index < -0.39 is 0 Å². The second-order valence-electron chi connectivity index (χ2n) is 9.04. The van der Waals surface area contributed by atoms with Crippen molar-refractivity contribution < 1.29 is 13.9 Å². The van der Waals surface area contributed by atoms with Gasteiger partial charge in [0.1, 0.15) is 17.3 Å². The largest absolute Gasteiger partial charge is 0.493 e. The molecule has 0 spiro atoms. The standard InChI is InChI=1S/C28H31FN4O3/c1-3-35-24-15-19(16-25(36-4-2)26(24)20-5-7-21(29)8-6-20)17-32-12-9-22(10-13-32)33-14-11-23-27(28(33)34)31-18-30-23/h5-8,11,14-16,18,22H,3-4,9-10,12-13,17H2,1-2H3,(H,30,31). The van der Waals surface area contributed by atoms with E-state index in [-0.39, 0.29) is 17.4 Å². The van der Waals surface area contributed by atoms with E-state index >= 15 is 0 Å². The Kier molecular flexibility index (Phi) is 7.04. The lowest BCUT2D eigenvalue weighted by Gasteiger charge is -2.33. The van der Waals surface area contributed by atoms with Crippen LogP contribution in [0.4, 0.5) is 4.39 Å². The summed E-state index contributed by atoms with van der Waals surface area (Å²) in [4.78, 5) is 22.4. The maximum Gasteiger partial charge on any atom is 0.278 e. The highest BCUT2D eigenvalue weighted by Gasteiger charge is 2.23. The number of halogens is 1. The maximum atomic E-state index is 13.5. The molecule has 1 aliphatic rings. The predicted molar refractivity (Wildman–Crippen MR) is 138 cm³/mol. The number of likely N-dealkylation sites (tertiary alicyclic amines) is 1. The van der Waals surface area contributed by atoms with Crippen LogP contribution in [0.15, 0.2) is 59.8 Å². The van der Waals surface area contributed by atoms with Crippen LogP contribution < -0.4 is 15.0 Å². The van der Waals surface area contributed by atoms with Gasteiger partial charge < -0.3 is 19.0 Å². The molecule has 0 aliphatic carbocycles. The van der Waals surface area contributed by atoms with E-state index in [0.29, 0.717) is 18.7 Å². The molecule has 36 heavy (non-hydrogen) atoms. The minimum Gasteiger partial charge on any atom is -0.493 e. The Hall–Kier alpha value is -3.65. The second kappa shape index (κ2) is 10.5. The molecule has 1 aliphatic heterocycles. The Balaban J connectivity index is 1.35. The van der Waals surface area contributed by atoms with E-state index in [1.807, 2.05) is 30.7 Å². The van der Waals surface area contributed by atoms with Gasteiger partial charge in [0, 0.05) is 31.9 Å². The number of benzene rings is 2. The third kappa shape index (κ3) is 4.86. The average Bonchev–Trinajstić information content (AvgIpc) is 3.36. The highest BCUT2D eigenvalue weighted by Crippen LogP contribution is 2.40. The molecule has 2 aromatic heterocycles. The Bertz CT molecular complexity index is 1360. The molecule has 0 bridgehead atoms. The Morgan fingerprint density at radius 2 is 1.69 bits per heavy atom. The number of imidazole rings is 1. The fourth-order valence-electron chi connectivity index (χ4n) is 5.02. The third-order valence-electron chi connectivity index (χ3n) is 6.72. The van der Waals surface area contributed by atoms with E-state index in [9.17, 15) is 9.18 Å². The monoisotopic (exact) mass is 490 g/mol. The molecule has 0 amide bonds. The molecular formula is C28H31FN4O3. The minimum absolute atomic E-state index is 0.0358. The van der Waals surface area contributed by atoms with E-state index in [2.05, 4.69) is 27.0 Å². The van der Waals surface area contributed by atoms with Crippen LogP contribution in [-0.4, -0.2) is 45.7 Å². The van der Waals surface area contributed by atoms with E-state index in [4.69, 9.17) is 9.47 Å². The van der Waals surface area contributed by atoms with Gasteiger partial charge in [-0.15, -0.1) is 0 Å². The molecule has 1 saturated heterocycles. The van der Waals surface area contributed by atoms with Crippen LogP contribution in [0.2, 0.25) is 0 Å². The molecule has 5 rings (SSSR count). The van der Waals surface area contributed by atoms with Gasteiger partial charge in [-0.2, -0.15) is 0 Å². The first-order valence-electron chi connectivity index (χ1n) is 12.5. The van der Waals surface area contributed by atoms with Crippen LogP contribution in [0, 0.1) is 5.82 Å². The van der Waals surface area contributed by atoms with Crippen LogP contribution in [0.1, 0.15) is 38.3 Å². The molecular weight excluding hydrogens is 459 g/mol. The summed E-state index contributed by atoms with van der Waals surface area (Å²) in [6.45, 7) is 7.45. The van der Waals surface area contributed by atoms with Crippen molar-refractivity contribution in [3.8, 4) is 22.6 Å². The summed E-state index contributed by atoms with van der Waals surface area (Å²) in [5, 5.41) is 0. The number of pyridine rings is 1. The van der Waals surface area contributed by atoms with Gasteiger partial charge in [0.15, 0.2) is 5.52 Å². The summed E-state index contributed by atoms with van der Waals surface area (Å²) in [6, 6.07) is 12.6. The highest BCUT2D eigenvalue weighted by atomic mass is 19.1. The predicted octanol–water partition coefficient (Wildman–Crippen LogP) is 5.17. The Morgan fingerprint density at radius 3 is 2.33 bits per heavy atom. The second-order valence-corrected chi connectivity index (χ2v) is 9.04. The Morgan fingerprint density at radius 1 is 1.03 bits per heavy atom. The number of H-pyrrole nitrogens is 1. The smallest absolute Gasteiger partial charge is 0.278 e. The molecule has 1 fully saturated rings. The number of piperidine rings is 1. The van der Waals surface area contributed by atoms with Gasteiger partial charge in [-0.25, -0.2) is 9.37 Å². The molecule has 4 aromatic rings. The number of fused-ring (bicyclic) bond motifs is 1. The normalized spacial score (nSPS) is 14.9. The molecule has 0 radical (unpaired) electrons. The fraction of sp³-hybridized carbons (Fsp3) is 0.357. The van der Waals surface area contributed by atoms with Crippen LogP contribution in [0.3, 0.4) is 0 Å². The third-order valence-corrected chi connectivity index (χ3v) is 6.72. The number of hydrogen-bond donors (Lipinski definition) is 1. The molecule has 1 N–H and O–H groups in total. The lowest BCUT2D eigenvalue weighted by atomic mass is 9.99. The van der Waals surface area contributed by atoms with Crippen molar-refractivity contribution in [3.63, 3.8) is 0 Å². The van der Waals surface area contributed by atoms with Gasteiger partial charge in [0.2, 0.25) is 0 Å². The molecule has 188 valence electrons. The molecule has 0 atom stereocenters. The SMILES string of the molecule is CCOc1cc(CN2CCC(n3ccc4[nH]cnc4c3=O)CC2)cc(OCC)c1-c1ccc(F)cc1. The van der Waals surface area contributed by atoms with Crippen LogP contribution in [0.25, 0.3) is 22.2 Å². The van der Waals surface area contributed by atoms with Gasteiger partial charge >= 0.3 is 0 Å². The van der Waals surface area contributed by atoms with Crippen LogP contribution in [-0.2, 0) is 6.54 Å². The van der Waals surface area contributed by atoms with Crippen molar-refractivity contribution in [2.75, 3.05) is 26.3 Å². The first-order valence-corrected chi connectivity index (χ1v) is 12.5. The molecule has 0 unspecified atom stereocenters. The minimum atomic E-state index is -0.277. The number of aromatic nitrogens is 3. The number of hydrogen-bond acceptors (Lipinski definition) is 5. The van der Waals surface area contributed by atoms with E-state index in [1.54, 1.807) is 18.5 Å². The topological polar surface area (TPSA) is 72.4 Å². The summed E-state index contributed by atoms with van der Waals surface area (Å²) in [7, 11) is 0. The van der Waals surface area contributed by atoms with Gasteiger partial charge in [0.05, 0.1) is 30.6 Å². The number of rotatable bonds is 8. The van der Waals surface area contributed by atoms with Crippen molar-refractivity contribution >= 4 is 11.0 Å². The van der Waals surface area contributed by atoms with Crippen LogP contribution >= 0.6 is 0 Å². The fourth-order valence-corrected chi connectivity index (χ4v) is 5.02. The van der Waals surface area contributed by atoms with Gasteiger partial charge in [-0.05, 0) is 68.1 Å². The molecule has 8 heteroatoms. The Labute approximate surface area is 209 Å². The first kappa shape index (κ1) is 24.1.